The minimum Gasteiger partial charge on any atom is -0.491 e. The Morgan fingerprint density at radius 2 is 1.37 bits per heavy atom. The Morgan fingerprint density at radius 3 is 2.02 bits per heavy atom. The number of rotatable bonds is 6. The first-order valence-corrected chi connectivity index (χ1v) is 19.5. The van der Waals surface area contributed by atoms with Gasteiger partial charge in [-0.2, -0.15) is 0 Å². The first-order valence-electron chi connectivity index (χ1n) is 19.5. The molecule has 6 saturated heterocycles. The van der Waals surface area contributed by atoms with Gasteiger partial charge in [0.2, 0.25) is 0 Å². The van der Waals surface area contributed by atoms with Crippen molar-refractivity contribution in [1.82, 2.24) is 0 Å². The van der Waals surface area contributed by atoms with E-state index in [2.05, 4.69) is 32.1 Å². The standard InChI is InChI=1S/C39H56O13/c1-18-32(43)25(40)13-30(46-18)51-34-20(3)48-31(15-27(34)42)52-33-19(2)47-29(14-26(33)41)49-22-8-10-37(4)21(12-22)6-7-23-24(37)9-11-39-17-45-38(5)35(39)28(16-44-38)50-36(23)39/h6-7,12,18-20,22,24-35,40-43H,8-11,13-17H2,1-5H3/t18-,19+,20+,22-,24-,25-,26+,27-,28-,29-,30-,31-,32+,33-,34+,35+,37-,38+,39-/m0/s1. The van der Waals surface area contributed by atoms with Crippen LogP contribution in [-0.4, -0.2) is 125 Å². The van der Waals surface area contributed by atoms with E-state index in [4.69, 9.17) is 42.6 Å². The molecule has 290 valence electrons. The molecule has 19 atom stereocenters. The number of allylic oxidation sites excluding steroid dienone is 4. The second kappa shape index (κ2) is 13.1. The predicted molar refractivity (Wildman–Crippen MR) is 181 cm³/mol. The van der Waals surface area contributed by atoms with Crippen LogP contribution in [0.25, 0.3) is 0 Å². The zero-order chi connectivity index (χ0) is 36.3. The van der Waals surface area contributed by atoms with Crippen molar-refractivity contribution in [3.05, 3.63) is 35.1 Å². The first kappa shape index (κ1) is 36.2. The van der Waals surface area contributed by atoms with E-state index in [1.54, 1.807) is 13.8 Å². The van der Waals surface area contributed by atoms with Crippen LogP contribution in [0.5, 0.6) is 0 Å². The van der Waals surface area contributed by atoms with Gasteiger partial charge in [-0.25, -0.2) is 0 Å². The van der Waals surface area contributed by atoms with Gasteiger partial charge in [-0.3, -0.25) is 0 Å². The van der Waals surface area contributed by atoms with E-state index in [1.165, 1.54) is 11.1 Å². The molecule has 0 saturated carbocycles. The van der Waals surface area contributed by atoms with Crippen LogP contribution in [-0.2, 0) is 42.6 Å². The van der Waals surface area contributed by atoms with Crippen LogP contribution in [0, 0.1) is 22.7 Å². The normalized spacial score (nSPS) is 55.3. The zero-order valence-electron chi connectivity index (χ0n) is 30.8. The molecule has 52 heavy (non-hydrogen) atoms. The fourth-order valence-electron chi connectivity index (χ4n) is 11.2. The summed E-state index contributed by atoms with van der Waals surface area (Å²) < 4.78 is 55.8. The molecule has 4 N–H and O–H groups in total. The number of aliphatic hydroxyl groups excluding tert-OH is 4. The van der Waals surface area contributed by atoms with E-state index in [9.17, 15) is 20.4 Å². The third kappa shape index (κ3) is 5.72. The van der Waals surface area contributed by atoms with Gasteiger partial charge in [0, 0.05) is 19.3 Å². The van der Waals surface area contributed by atoms with E-state index < -0.39 is 79.6 Å². The van der Waals surface area contributed by atoms with Gasteiger partial charge in [-0.1, -0.05) is 25.2 Å². The second-order valence-corrected chi connectivity index (χ2v) is 17.3. The molecule has 13 nitrogen and oxygen atoms in total. The quantitative estimate of drug-likeness (QED) is 0.316. The van der Waals surface area contributed by atoms with Crippen LogP contribution in [0.1, 0.15) is 79.6 Å². The first-order chi connectivity index (χ1) is 24.8. The molecule has 0 bridgehead atoms. The van der Waals surface area contributed by atoms with E-state index in [1.807, 2.05) is 6.92 Å². The maximum atomic E-state index is 11.2. The van der Waals surface area contributed by atoms with Crippen LogP contribution in [0.15, 0.2) is 35.1 Å². The molecule has 0 aromatic rings. The van der Waals surface area contributed by atoms with Crippen molar-refractivity contribution in [3.8, 4) is 0 Å². The molecule has 0 radical (unpaired) electrons. The van der Waals surface area contributed by atoms with Crippen LogP contribution < -0.4 is 0 Å². The summed E-state index contributed by atoms with van der Waals surface area (Å²) in [5.74, 6) is 1.23. The third-order valence-electron chi connectivity index (χ3n) is 14.0. The smallest absolute Gasteiger partial charge is 0.173 e. The summed E-state index contributed by atoms with van der Waals surface area (Å²) >= 11 is 0. The molecule has 0 amide bonds. The summed E-state index contributed by atoms with van der Waals surface area (Å²) in [5, 5.41) is 42.4. The highest BCUT2D eigenvalue weighted by Crippen LogP contribution is 2.68. The Labute approximate surface area is 305 Å². The maximum absolute atomic E-state index is 11.2. The second-order valence-electron chi connectivity index (χ2n) is 17.3. The van der Waals surface area contributed by atoms with Crippen LogP contribution in [0.4, 0.5) is 0 Å². The van der Waals surface area contributed by atoms with Gasteiger partial charge in [0.25, 0.3) is 0 Å². The van der Waals surface area contributed by atoms with Crippen molar-refractivity contribution in [2.24, 2.45) is 22.7 Å². The van der Waals surface area contributed by atoms with Crippen LogP contribution in [0.3, 0.4) is 0 Å². The average molecular weight is 733 g/mol. The molecule has 9 aliphatic rings. The highest BCUT2D eigenvalue weighted by Gasteiger charge is 2.72. The monoisotopic (exact) mass is 732 g/mol. The number of fused-ring (bicyclic) bond motifs is 3. The van der Waals surface area contributed by atoms with Crippen molar-refractivity contribution in [3.63, 3.8) is 0 Å². The summed E-state index contributed by atoms with van der Waals surface area (Å²) in [6.07, 6.45) is 2.14. The number of ether oxygens (including phenoxy) is 9. The minimum atomic E-state index is -0.992. The molecule has 0 aromatic heterocycles. The van der Waals surface area contributed by atoms with Gasteiger partial charge < -0.3 is 63.1 Å². The Bertz CT molecular complexity index is 1450. The number of hydrogen-bond acceptors (Lipinski definition) is 13. The summed E-state index contributed by atoms with van der Waals surface area (Å²) in [6, 6.07) is 0. The molecular weight excluding hydrogens is 676 g/mol. The lowest BCUT2D eigenvalue weighted by atomic mass is 9.54. The van der Waals surface area contributed by atoms with Gasteiger partial charge in [-0.05, 0) is 75.9 Å². The molecule has 0 unspecified atom stereocenters. The number of aliphatic hydroxyl groups is 4. The molecule has 6 heterocycles. The summed E-state index contributed by atoms with van der Waals surface area (Å²) in [6.45, 7) is 11.0. The van der Waals surface area contributed by atoms with Crippen LogP contribution in [0.2, 0.25) is 0 Å². The van der Waals surface area contributed by atoms with Crippen molar-refractivity contribution < 1.29 is 63.1 Å². The Balaban J connectivity index is 0.810. The van der Waals surface area contributed by atoms with Gasteiger partial charge >= 0.3 is 0 Å². The largest absolute Gasteiger partial charge is 0.491 e. The Kier molecular flexibility index (Phi) is 9.09. The van der Waals surface area contributed by atoms with Gasteiger partial charge in [0.1, 0.15) is 30.2 Å². The highest BCUT2D eigenvalue weighted by molar-refractivity contribution is 5.48. The fourth-order valence-corrected chi connectivity index (χ4v) is 11.2. The molecule has 13 heteroatoms. The predicted octanol–water partition coefficient (Wildman–Crippen LogP) is 2.73. The maximum Gasteiger partial charge on any atom is 0.173 e. The lowest BCUT2D eigenvalue weighted by molar-refractivity contribution is -0.334. The SMILES string of the molecule is C[C@@H]1O[C@@H](O[C@H]2[C@@H](O)C[C@H](O[C@@H]3[C@H](O)C[C@H](O[C@@H]4C=C5C=CC6=C7O[C@H]8CO[C@]9(C)OC[C@@]7(CC[C@@H]6[C@@]5(C)CC4)[C@H]89)O[C@@H]3C)O[C@@H]2C)C[C@H](O)[C@@H]1O. The van der Waals surface area contributed by atoms with Gasteiger partial charge in [0.15, 0.2) is 24.7 Å². The molecule has 3 aliphatic carbocycles. The lowest BCUT2D eigenvalue weighted by Crippen LogP contribution is -2.56. The summed E-state index contributed by atoms with van der Waals surface area (Å²) in [4.78, 5) is 0. The lowest BCUT2D eigenvalue weighted by Gasteiger charge is -2.50. The van der Waals surface area contributed by atoms with Crippen LogP contribution >= 0.6 is 0 Å². The molecule has 1 spiro atoms. The Hall–Kier alpha value is -1.46. The van der Waals surface area contributed by atoms with Gasteiger partial charge in [0.05, 0.1) is 67.3 Å². The third-order valence-corrected chi connectivity index (χ3v) is 14.0. The van der Waals surface area contributed by atoms with E-state index in [-0.39, 0.29) is 48.2 Å². The van der Waals surface area contributed by atoms with Crippen molar-refractivity contribution >= 4 is 0 Å². The topological polar surface area (TPSA) is 164 Å². The number of hydrogen-bond donors (Lipinski definition) is 4. The van der Waals surface area contributed by atoms with Crippen molar-refractivity contribution in [1.29, 1.82) is 0 Å². The molecular formula is C39H56O13. The van der Waals surface area contributed by atoms with E-state index >= 15 is 0 Å². The molecule has 6 fully saturated rings. The van der Waals surface area contributed by atoms with Crippen molar-refractivity contribution in [2.75, 3.05) is 13.2 Å². The molecule has 9 rings (SSSR count). The van der Waals surface area contributed by atoms with Gasteiger partial charge in [-0.15, -0.1) is 0 Å². The molecule has 6 aliphatic heterocycles. The van der Waals surface area contributed by atoms with Crippen molar-refractivity contribution in [2.45, 2.75) is 171 Å². The zero-order valence-corrected chi connectivity index (χ0v) is 30.8. The van der Waals surface area contributed by atoms with E-state index in [0.717, 1.165) is 31.4 Å². The average Bonchev–Trinajstić information content (AvgIpc) is 3.72. The Morgan fingerprint density at radius 1 is 0.731 bits per heavy atom. The summed E-state index contributed by atoms with van der Waals surface area (Å²) in [5.41, 5.74) is 2.53. The van der Waals surface area contributed by atoms with E-state index in [0.29, 0.717) is 19.1 Å². The minimum absolute atomic E-state index is 0.0185. The molecule has 0 aromatic carbocycles. The highest BCUT2D eigenvalue weighted by atomic mass is 16.7. The summed E-state index contributed by atoms with van der Waals surface area (Å²) in [7, 11) is 0. The fraction of sp³-hybridized carbons (Fsp3) is 0.846.